The zero-order valence-electron chi connectivity index (χ0n) is 34.9. The van der Waals surface area contributed by atoms with E-state index in [0.29, 0.717) is 17.6 Å². The SMILES string of the molecule is c1ccc(-c2ccc(-c3nc(-c4ccc5c(oc6ccccc65)c4-n4c5cc6ccccc6cc5c5cc6ccccc6cc54)nc(-n4c5ccccc5c5ccccc54)n3)cc2)cc1. The van der Waals surface area contributed by atoms with E-state index >= 15 is 0 Å². The minimum atomic E-state index is 0.532. The van der Waals surface area contributed by atoms with Gasteiger partial charge in [-0.05, 0) is 87.3 Å². The van der Waals surface area contributed by atoms with Gasteiger partial charge in [-0.15, -0.1) is 0 Å². The molecule has 14 aromatic rings. The summed E-state index contributed by atoms with van der Waals surface area (Å²) in [5.41, 5.74) is 10.6. The quantitative estimate of drug-likeness (QED) is 0.173. The van der Waals surface area contributed by atoms with Gasteiger partial charge in [0, 0.05) is 43.4 Å². The number of rotatable bonds is 5. The second-order valence-corrected chi connectivity index (χ2v) is 16.8. The summed E-state index contributed by atoms with van der Waals surface area (Å²) in [6.45, 7) is 0. The van der Waals surface area contributed by atoms with Crippen molar-refractivity contribution in [2.24, 2.45) is 0 Å². The second kappa shape index (κ2) is 13.8. The second-order valence-electron chi connectivity index (χ2n) is 16.8. The van der Waals surface area contributed by atoms with Gasteiger partial charge < -0.3 is 8.98 Å². The summed E-state index contributed by atoms with van der Waals surface area (Å²) < 4.78 is 11.6. The Kier molecular flexibility index (Phi) is 7.59. The van der Waals surface area contributed by atoms with Crippen LogP contribution < -0.4 is 0 Å². The third-order valence-electron chi connectivity index (χ3n) is 13.1. The fraction of sp³-hybridized carbons (Fsp3) is 0. The van der Waals surface area contributed by atoms with Gasteiger partial charge in [0.25, 0.3) is 0 Å². The number of hydrogen-bond acceptors (Lipinski definition) is 4. The van der Waals surface area contributed by atoms with E-state index in [1.54, 1.807) is 0 Å². The number of aromatic nitrogens is 5. The highest BCUT2D eigenvalue weighted by molar-refractivity contribution is 6.19. The van der Waals surface area contributed by atoms with E-state index in [0.717, 1.165) is 104 Å². The monoisotopic (exact) mass is 829 g/mol. The molecule has 0 fully saturated rings. The topological polar surface area (TPSA) is 61.7 Å². The number of furan rings is 1. The Hall–Kier alpha value is -8.87. The molecule has 0 aliphatic rings. The minimum absolute atomic E-state index is 0.532. The maximum absolute atomic E-state index is 7.03. The van der Waals surface area contributed by atoms with Crippen molar-refractivity contribution >= 4 is 87.1 Å². The summed E-state index contributed by atoms with van der Waals surface area (Å²) in [5, 5.41) is 11.3. The molecule has 0 spiro atoms. The molecule has 0 aliphatic heterocycles. The number of para-hydroxylation sites is 3. The van der Waals surface area contributed by atoms with Crippen molar-refractivity contribution in [1.82, 2.24) is 24.1 Å². The average Bonchev–Trinajstić information content (AvgIpc) is 4.02. The Balaban J connectivity index is 1.12. The molecule has 0 radical (unpaired) electrons. The zero-order chi connectivity index (χ0) is 42.6. The highest BCUT2D eigenvalue weighted by atomic mass is 16.3. The Morgan fingerprint density at radius 3 is 1.48 bits per heavy atom. The van der Waals surface area contributed by atoms with E-state index < -0.39 is 0 Å². The molecule has 0 saturated carbocycles. The molecule has 0 N–H and O–H groups in total. The average molecular weight is 830 g/mol. The van der Waals surface area contributed by atoms with Gasteiger partial charge in [0.1, 0.15) is 11.3 Å². The van der Waals surface area contributed by atoms with Crippen molar-refractivity contribution in [3.63, 3.8) is 0 Å². The summed E-state index contributed by atoms with van der Waals surface area (Å²) >= 11 is 0. The Morgan fingerprint density at radius 2 is 0.831 bits per heavy atom. The first kappa shape index (κ1) is 35.7. The third-order valence-corrected chi connectivity index (χ3v) is 13.1. The van der Waals surface area contributed by atoms with Crippen LogP contribution in [0.25, 0.3) is 133 Å². The molecule has 6 heteroatoms. The summed E-state index contributed by atoms with van der Waals surface area (Å²) in [6.07, 6.45) is 0. The standard InChI is InChI=1S/C59H35N5O/c1-2-14-36(15-3-1)37-26-28-38(29-27-37)57-60-58(62-59(61-57)64-50-23-11-8-20-43(50)44-21-9-12-24-51(44)64)47-31-30-46-45-22-10-13-25-54(45)65-56(46)55(47)63-52-34-41-18-6-4-16-39(41)32-48(52)49-33-40-17-5-7-19-42(40)35-53(49)63/h1-35H. The van der Waals surface area contributed by atoms with E-state index in [4.69, 9.17) is 19.4 Å². The van der Waals surface area contributed by atoms with Crippen molar-refractivity contribution < 1.29 is 4.42 Å². The van der Waals surface area contributed by atoms with Gasteiger partial charge in [-0.2, -0.15) is 9.97 Å². The fourth-order valence-electron chi connectivity index (χ4n) is 10.1. The van der Waals surface area contributed by atoms with E-state index in [9.17, 15) is 0 Å². The van der Waals surface area contributed by atoms with Crippen LogP contribution in [0, 0.1) is 0 Å². The van der Waals surface area contributed by atoms with Crippen LogP contribution in [0.15, 0.2) is 217 Å². The highest BCUT2D eigenvalue weighted by Gasteiger charge is 2.26. The number of hydrogen-bond donors (Lipinski definition) is 0. The van der Waals surface area contributed by atoms with Crippen LogP contribution in [0.3, 0.4) is 0 Å². The molecular formula is C59H35N5O. The maximum atomic E-state index is 7.03. The van der Waals surface area contributed by atoms with Crippen molar-refractivity contribution in [1.29, 1.82) is 0 Å². The molecule has 4 heterocycles. The lowest BCUT2D eigenvalue weighted by molar-refractivity contribution is 0.666. The molecule has 4 aromatic heterocycles. The molecule has 0 amide bonds. The molecule has 0 bridgehead atoms. The Bertz CT molecular complexity index is 4090. The highest BCUT2D eigenvalue weighted by Crippen LogP contribution is 2.44. The van der Waals surface area contributed by atoms with Crippen LogP contribution in [0.2, 0.25) is 0 Å². The predicted octanol–water partition coefficient (Wildman–Crippen LogP) is 15.3. The van der Waals surface area contributed by atoms with Gasteiger partial charge in [0.2, 0.25) is 5.95 Å². The van der Waals surface area contributed by atoms with E-state index in [1.165, 1.54) is 10.8 Å². The van der Waals surface area contributed by atoms with Crippen LogP contribution >= 0.6 is 0 Å². The van der Waals surface area contributed by atoms with Gasteiger partial charge in [0.05, 0.1) is 22.1 Å². The molecule has 0 atom stereocenters. The number of fused-ring (bicyclic) bond motifs is 11. The van der Waals surface area contributed by atoms with E-state index in [1.807, 2.05) is 18.2 Å². The fourth-order valence-corrected chi connectivity index (χ4v) is 10.1. The van der Waals surface area contributed by atoms with Crippen LogP contribution in [0.1, 0.15) is 0 Å². The molecule has 6 nitrogen and oxygen atoms in total. The lowest BCUT2D eigenvalue weighted by atomic mass is 10.0. The van der Waals surface area contributed by atoms with E-state index in [-0.39, 0.29) is 0 Å². The smallest absolute Gasteiger partial charge is 0.238 e. The molecule has 65 heavy (non-hydrogen) atoms. The van der Waals surface area contributed by atoms with Crippen molar-refractivity contribution in [2.75, 3.05) is 0 Å². The number of benzene rings is 10. The van der Waals surface area contributed by atoms with Crippen LogP contribution in [0.5, 0.6) is 0 Å². The predicted molar refractivity (Wildman–Crippen MR) is 267 cm³/mol. The molecule has 0 aliphatic carbocycles. The lowest BCUT2D eigenvalue weighted by Crippen LogP contribution is -2.08. The van der Waals surface area contributed by atoms with Crippen molar-refractivity contribution in [2.45, 2.75) is 0 Å². The molecule has 10 aromatic carbocycles. The summed E-state index contributed by atoms with van der Waals surface area (Å²) in [4.78, 5) is 16.3. The van der Waals surface area contributed by atoms with Crippen molar-refractivity contribution in [3.05, 3.63) is 212 Å². The minimum Gasteiger partial charge on any atom is -0.454 e. The zero-order valence-corrected chi connectivity index (χ0v) is 34.9. The van der Waals surface area contributed by atoms with Gasteiger partial charge in [-0.3, -0.25) is 4.57 Å². The largest absolute Gasteiger partial charge is 0.454 e. The lowest BCUT2D eigenvalue weighted by Gasteiger charge is -2.16. The Morgan fingerprint density at radius 1 is 0.323 bits per heavy atom. The van der Waals surface area contributed by atoms with Crippen molar-refractivity contribution in [3.8, 4) is 45.5 Å². The van der Waals surface area contributed by atoms with Crippen LogP contribution in [-0.2, 0) is 0 Å². The molecular weight excluding hydrogens is 795 g/mol. The van der Waals surface area contributed by atoms with Crippen LogP contribution in [-0.4, -0.2) is 24.1 Å². The summed E-state index contributed by atoms with van der Waals surface area (Å²) in [5.74, 6) is 1.64. The molecule has 0 saturated heterocycles. The maximum Gasteiger partial charge on any atom is 0.238 e. The summed E-state index contributed by atoms with van der Waals surface area (Å²) in [7, 11) is 0. The first-order valence-electron chi connectivity index (χ1n) is 21.9. The normalized spacial score (nSPS) is 12.0. The number of nitrogens with zero attached hydrogens (tertiary/aromatic N) is 5. The first-order valence-corrected chi connectivity index (χ1v) is 21.9. The van der Waals surface area contributed by atoms with Gasteiger partial charge in [-0.25, -0.2) is 4.98 Å². The van der Waals surface area contributed by atoms with Crippen LogP contribution in [0.4, 0.5) is 0 Å². The van der Waals surface area contributed by atoms with E-state index in [2.05, 4.69) is 203 Å². The third kappa shape index (κ3) is 5.44. The molecule has 0 unspecified atom stereocenters. The van der Waals surface area contributed by atoms with Gasteiger partial charge in [0.15, 0.2) is 17.2 Å². The first-order chi connectivity index (χ1) is 32.2. The summed E-state index contributed by atoms with van der Waals surface area (Å²) in [6, 6.07) is 75.0. The Labute approximate surface area is 371 Å². The molecule has 14 rings (SSSR count). The molecule has 302 valence electrons. The van der Waals surface area contributed by atoms with Gasteiger partial charge >= 0.3 is 0 Å². The van der Waals surface area contributed by atoms with Gasteiger partial charge in [-0.1, -0.05) is 158 Å².